The van der Waals surface area contributed by atoms with Crippen LogP contribution in [0.15, 0.2) is 18.2 Å². The van der Waals surface area contributed by atoms with Crippen molar-refractivity contribution in [2.45, 2.75) is 44.2 Å². The van der Waals surface area contributed by atoms with Crippen LogP contribution in [0.4, 0.5) is 5.69 Å². The first-order valence-corrected chi connectivity index (χ1v) is 7.06. The van der Waals surface area contributed by atoms with E-state index in [-0.39, 0.29) is 12.1 Å². The monoisotopic (exact) mass is 274 g/mol. The molecule has 98 valence electrons. The Morgan fingerprint density at radius 2 is 1.95 bits per heavy atom. The van der Waals surface area contributed by atoms with Crippen LogP contribution in [0, 0.1) is 11.3 Å². The quantitative estimate of drug-likeness (QED) is 0.789. The molecule has 19 heavy (non-hydrogen) atoms. The van der Waals surface area contributed by atoms with Gasteiger partial charge in [0.25, 0.3) is 0 Å². The van der Waals surface area contributed by atoms with Crippen molar-refractivity contribution in [2.75, 3.05) is 4.90 Å². The fraction of sp³-hybridized carbons (Fsp3) is 0.467. The number of ketones is 1. The Balaban J connectivity index is 1.97. The average Bonchev–Trinajstić information content (AvgIpc) is 2.38. The summed E-state index contributed by atoms with van der Waals surface area (Å²) < 4.78 is 0. The maximum absolute atomic E-state index is 11.7. The minimum Gasteiger partial charge on any atom is -0.363 e. The molecule has 1 aromatic carbocycles. The smallest absolute Gasteiger partial charge is 0.137 e. The van der Waals surface area contributed by atoms with Crippen molar-refractivity contribution in [2.24, 2.45) is 0 Å². The largest absolute Gasteiger partial charge is 0.363 e. The summed E-state index contributed by atoms with van der Waals surface area (Å²) in [4.78, 5) is 14.1. The zero-order valence-corrected chi connectivity index (χ0v) is 11.4. The molecule has 1 aromatic rings. The van der Waals surface area contributed by atoms with Crippen LogP contribution in [0.25, 0.3) is 0 Å². The van der Waals surface area contributed by atoms with Crippen LogP contribution < -0.4 is 4.90 Å². The maximum Gasteiger partial charge on any atom is 0.137 e. The van der Waals surface area contributed by atoms with Crippen LogP contribution in [0.2, 0.25) is 5.02 Å². The summed E-state index contributed by atoms with van der Waals surface area (Å²) in [6.45, 7) is 0. The van der Waals surface area contributed by atoms with E-state index in [1.165, 1.54) is 6.42 Å². The van der Waals surface area contributed by atoms with Crippen LogP contribution in [0.5, 0.6) is 0 Å². The molecule has 0 radical (unpaired) electrons. The van der Waals surface area contributed by atoms with Crippen molar-refractivity contribution in [3.63, 3.8) is 0 Å². The number of carbonyl (C=O) groups is 1. The Kier molecular flexibility index (Phi) is 3.20. The van der Waals surface area contributed by atoms with Crippen molar-refractivity contribution in [1.82, 2.24) is 0 Å². The van der Waals surface area contributed by atoms with Crippen molar-refractivity contribution in [3.8, 4) is 6.07 Å². The van der Waals surface area contributed by atoms with Crippen LogP contribution in [-0.2, 0) is 4.79 Å². The summed E-state index contributed by atoms with van der Waals surface area (Å²) in [5.74, 6) is 0.371. The zero-order valence-electron chi connectivity index (χ0n) is 10.6. The van der Waals surface area contributed by atoms with Gasteiger partial charge >= 0.3 is 0 Å². The standard InChI is InChI=1S/C15H15ClN2O/c16-14-6-10(9-17)4-5-15(14)18-11-2-1-3-12(18)8-13(19)7-11/h4-6,11-12H,1-3,7-8H2. The highest BCUT2D eigenvalue weighted by atomic mass is 35.5. The first-order chi connectivity index (χ1) is 9.19. The number of piperidine rings is 2. The number of benzene rings is 1. The molecule has 0 saturated carbocycles. The minimum atomic E-state index is 0.283. The Labute approximate surface area is 117 Å². The van der Waals surface area contributed by atoms with Gasteiger partial charge in [0.15, 0.2) is 0 Å². The van der Waals surface area contributed by atoms with Gasteiger partial charge in [-0.3, -0.25) is 4.79 Å². The Morgan fingerprint density at radius 1 is 1.26 bits per heavy atom. The van der Waals surface area contributed by atoms with Gasteiger partial charge in [0.05, 0.1) is 22.3 Å². The van der Waals surface area contributed by atoms with E-state index < -0.39 is 0 Å². The predicted molar refractivity (Wildman–Crippen MR) is 74.3 cm³/mol. The number of nitriles is 1. The molecular weight excluding hydrogens is 260 g/mol. The fourth-order valence-corrected chi connectivity index (χ4v) is 3.63. The highest BCUT2D eigenvalue weighted by Gasteiger charge is 2.38. The second kappa shape index (κ2) is 4.86. The van der Waals surface area contributed by atoms with Crippen molar-refractivity contribution in [3.05, 3.63) is 28.8 Å². The molecule has 2 aliphatic rings. The molecule has 2 saturated heterocycles. The highest BCUT2D eigenvalue weighted by molar-refractivity contribution is 6.33. The van der Waals surface area contributed by atoms with Gasteiger partial charge in [0.2, 0.25) is 0 Å². The lowest BCUT2D eigenvalue weighted by Gasteiger charge is -2.47. The van der Waals surface area contributed by atoms with Gasteiger partial charge in [0.1, 0.15) is 5.78 Å². The SMILES string of the molecule is N#Cc1ccc(N2C3CCCC2CC(=O)C3)c(Cl)c1. The number of nitrogens with zero attached hydrogens (tertiary/aromatic N) is 2. The number of halogens is 1. The number of carbonyl (C=O) groups excluding carboxylic acids is 1. The number of hydrogen-bond acceptors (Lipinski definition) is 3. The molecule has 0 spiro atoms. The lowest BCUT2D eigenvalue weighted by atomic mass is 9.83. The van der Waals surface area contributed by atoms with E-state index in [2.05, 4.69) is 11.0 Å². The summed E-state index contributed by atoms with van der Waals surface area (Å²) in [5, 5.41) is 9.51. The van der Waals surface area contributed by atoms with E-state index in [9.17, 15) is 4.79 Å². The average molecular weight is 275 g/mol. The van der Waals surface area contributed by atoms with Crippen LogP contribution in [-0.4, -0.2) is 17.9 Å². The van der Waals surface area contributed by atoms with Gasteiger partial charge in [-0.1, -0.05) is 11.6 Å². The molecule has 2 atom stereocenters. The summed E-state index contributed by atoms with van der Waals surface area (Å²) >= 11 is 6.31. The van der Waals surface area contributed by atoms with E-state index in [0.717, 1.165) is 18.5 Å². The van der Waals surface area contributed by atoms with E-state index >= 15 is 0 Å². The molecule has 0 aliphatic carbocycles. The third kappa shape index (κ3) is 2.21. The van der Waals surface area contributed by atoms with Crippen molar-refractivity contribution < 1.29 is 4.79 Å². The second-order valence-corrected chi connectivity index (χ2v) is 5.78. The zero-order chi connectivity index (χ0) is 13.4. The molecule has 2 unspecified atom stereocenters. The first-order valence-electron chi connectivity index (χ1n) is 6.68. The van der Waals surface area contributed by atoms with Gasteiger partial charge in [-0.05, 0) is 37.5 Å². The van der Waals surface area contributed by atoms with E-state index in [4.69, 9.17) is 16.9 Å². The van der Waals surface area contributed by atoms with E-state index in [1.807, 2.05) is 6.07 Å². The summed E-state index contributed by atoms with van der Waals surface area (Å²) in [6.07, 6.45) is 4.56. The molecule has 0 aromatic heterocycles. The highest BCUT2D eigenvalue weighted by Crippen LogP contribution is 2.39. The van der Waals surface area contributed by atoms with Crippen molar-refractivity contribution in [1.29, 1.82) is 5.26 Å². The molecule has 3 nitrogen and oxygen atoms in total. The van der Waals surface area contributed by atoms with Crippen LogP contribution in [0.3, 0.4) is 0 Å². The summed E-state index contributed by atoms with van der Waals surface area (Å²) in [5.41, 5.74) is 1.55. The Morgan fingerprint density at radius 3 is 2.53 bits per heavy atom. The maximum atomic E-state index is 11.7. The van der Waals surface area contributed by atoms with Gasteiger partial charge in [0, 0.05) is 24.9 Å². The fourth-order valence-electron chi connectivity index (χ4n) is 3.35. The lowest BCUT2D eigenvalue weighted by molar-refractivity contribution is -0.121. The number of rotatable bonds is 1. The first kappa shape index (κ1) is 12.5. The van der Waals surface area contributed by atoms with Gasteiger partial charge < -0.3 is 4.90 Å². The number of anilines is 1. The Hall–Kier alpha value is -1.53. The molecule has 2 heterocycles. The van der Waals surface area contributed by atoms with Gasteiger partial charge in [-0.2, -0.15) is 5.26 Å². The molecule has 4 heteroatoms. The molecule has 0 N–H and O–H groups in total. The van der Waals surface area contributed by atoms with Crippen LogP contribution >= 0.6 is 11.6 Å². The third-order valence-electron chi connectivity index (χ3n) is 4.14. The number of fused-ring (bicyclic) bond motifs is 2. The van der Waals surface area contributed by atoms with Gasteiger partial charge in [-0.25, -0.2) is 0 Å². The van der Waals surface area contributed by atoms with Crippen LogP contribution in [0.1, 0.15) is 37.7 Å². The Bertz CT molecular complexity index is 548. The second-order valence-electron chi connectivity index (χ2n) is 5.37. The third-order valence-corrected chi connectivity index (χ3v) is 4.45. The predicted octanol–water partition coefficient (Wildman–Crippen LogP) is 3.30. The molecule has 2 bridgehead atoms. The lowest BCUT2D eigenvalue weighted by Crippen LogP contribution is -2.52. The molecule has 2 fully saturated rings. The molecule has 2 aliphatic heterocycles. The number of hydrogen-bond donors (Lipinski definition) is 0. The normalized spacial score (nSPS) is 26.1. The summed E-state index contributed by atoms with van der Waals surface area (Å²) in [6, 6.07) is 8.09. The van der Waals surface area contributed by atoms with E-state index in [1.54, 1.807) is 12.1 Å². The molecular formula is C15H15ClN2O. The van der Waals surface area contributed by atoms with E-state index in [0.29, 0.717) is 29.2 Å². The number of Topliss-reactive ketones (excluding diaryl/α,β-unsaturated/α-hetero) is 1. The van der Waals surface area contributed by atoms with Crippen molar-refractivity contribution >= 4 is 23.1 Å². The summed E-state index contributed by atoms with van der Waals surface area (Å²) in [7, 11) is 0. The topological polar surface area (TPSA) is 44.1 Å². The molecule has 0 amide bonds. The molecule has 3 rings (SSSR count). The van der Waals surface area contributed by atoms with Gasteiger partial charge in [-0.15, -0.1) is 0 Å². The minimum absolute atomic E-state index is 0.283.